The number of benzene rings is 1. The molecule has 1 aliphatic rings. The molecule has 1 atom stereocenters. The van der Waals surface area contributed by atoms with Gasteiger partial charge in [0.2, 0.25) is 0 Å². The second-order valence-corrected chi connectivity index (χ2v) is 5.47. The molecule has 0 spiro atoms. The monoisotopic (exact) mass is 315 g/mol. The minimum atomic E-state index is -1.16. The lowest BCUT2D eigenvalue weighted by Gasteiger charge is -2.25. The molecule has 2 aromatic rings. The molecule has 1 unspecified atom stereocenters. The van der Waals surface area contributed by atoms with E-state index in [1.807, 2.05) is 12.1 Å². The van der Waals surface area contributed by atoms with E-state index in [2.05, 4.69) is 15.3 Å². The number of hydrogen-bond acceptors (Lipinski definition) is 6. The van der Waals surface area contributed by atoms with Gasteiger partial charge in [0.05, 0.1) is 7.11 Å². The van der Waals surface area contributed by atoms with Crippen LogP contribution in [-0.4, -0.2) is 39.8 Å². The first-order chi connectivity index (χ1) is 11.0. The van der Waals surface area contributed by atoms with Gasteiger partial charge in [0.15, 0.2) is 11.5 Å². The van der Waals surface area contributed by atoms with Gasteiger partial charge in [-0.05, 0) is 36.1 Å². The first-order valence-electron chi connectivity index (χ1n) is 7.21. The van der Waals surface area contributed by atoms with Crippen LogP contribution in [0.25, 0.3) is 0 Å². The SMILES string of the molecule is COc1ccc2c(c1)CCC2(O)CNc1nccnc1C(=O)O. The molecule has 1 aliphatic carbocycles. The number of methoxy groups -OCH3 is 1. The van der Waals surface area contributed by atoms with Gasteiger partial charge in [-0.15, -0.1) is 0 Å². The molecule has 1 aromatic heterocycles. The van der Waals surface area contributed by atoms with Gasteiger partial charge in [-0.3, -0.25) is 0 Å². The minimum absolute atomic E-state index is 0.149. The fourth-order valence-corrected chi connectivity index (χ4v) is 2.87. The van der Waals surface area contributed by atoms with E-state index in [0.717, 1.165) is 23.3 Å². The quantitative estimate of drug-likeness (QED) is 0.766. The Kier molecular flexibility index (Phi) is 3.87. The maximum Gasteiger partial charge on any atom is 0.358 e. The van der Waals surface area contributed by atoms with Crippen molar-refractivity contribution in [3.63, 3.8) is 0 Å². The van der Waals surface area contributed by atoms with E-state index in [-0.39, 0.29) is 18.1 Å². The van der Waals surface area contributed by atoms with Crippen molar-refractivity contribution >= 4 is 11.8 Å². The largest absolute Gasteiger partial charge is 0.497 e. The fourth-order valence-electron chi connectivity index (χ4n) is 2.87. The number of carbonyl (C=O) groups is 1. The second-order valence-electron chi connectivity index (χ2n) is 5.47. The van der Waals surface area contributed by atoms with Crippen molar-refractivity contribution in [2.45, 2.75) is 18.4 Å². The molecular formula is C16H17N3O4. The predicted molar refractivity (Wildman–Crippen MR) is 82.7 cm³/mol. The fraction of sp³-hybridized carbons (Fsp3) is 0.312. The highest BCUT2D eigenvalue weighted by Gasteiger charge is 2.37. The van der Waals surface area contributed by atoms with E-state index in [0.29, 0.717) is 6.42 Å². The maximum absolute atomic E-state index is 11.1. The van der Waals surface area contributed by atoms with Gasteiger partial charge < -0.3 is 20.3 Å². The standard InChI is InChI=1S/C16H17N3O4/c1-23-11-2-3-12-10(8-11)4-5-16(12,22)9-19-14-13(15(20)21)17-6-7-18-14/h2-3,6-8,22H,4-5,9H2,1H3,(H,18,19)(H,20,21). The zero-order chi connectivity index (χ0) is 16.4. The summed E-state index contributed by atoms with van der Waals surface area (Å²) in [5, 5.41) is 22.9. The van der Waals surface area contributed by atoms with Crippen LogP contribution in [0.2, 0.25) is 0 Å². The molecule has 7 nitrogen and oxygen atoms in total. The van der Waals surface area contributed by atoms with E-state index in [4.69, 9.17) is 9.84 Å². The number of nitrogens with one attached hydrogen (secondary N) is 1. The van der Waals surface area contributed by atoms with Crippen LogP contribution in [0.1, 0.15) is 28.0 Å². The molecule has 1 heterocycles. The van der Waals surface area contributed by atoms with Crippen LogP contribution in [0, 0.1) is 0 Å². The highest BCUT2D eigenvalue weighted by Crippen LogP contribution is 2.38. The summed E-state index contributed by atoms with van der Waals surface area (Å²) >= 11 is 0. The zero-order valence-electron chi connectivity index (χ0n) is 12.6. The number of anilines is 1. The van der Waals surface area contributed by atoms with Crippen LogP contribution in [0.5, 0.6) is 5.75 Å². The van der Waals surface area contributed by atoms with Gasteiger partial charge in [0.25, 0.3) is 0 Å². The zero-order valence-corrected chi connectivity index (χ0v) is 12.6. The number of fused-ring (bicyclic) bond motifs is 1. The van der Waals surface area contributed by atoms with E-state index in [1.165, 1.54) is 12.4 Å². The van der Waals surface area contributed by atoms with Crippen LogP contribution in [0.15, 0.2) is 30.6 Å². The Balaban J connectivity index is 1.81. The van der Waals surface area contributed by atoms with Crippen LogP contribution in [0.4, 0.5) is 5.82 Å². The van der Waals surface area contributed by atoms with E-state index < -0.39 is 11.6 Å². The number of aliphatic hydroxyl groups is 1. The lowest BCUT2D eigenvalue weighted by molar-refractivity contribution is 0.0523. The molecule has 0 fully saturated rings. The summed E-state index contributed by atoms with van der Waals surface area (Å²) in [5.41, 5.74) is 0.622. The van der Waals surface area contributed by atoms with Gasteiger partial charge in [0.1, 0.15) is 11.4 Å². The molecule has 0 bridgehead atoms. The molecule has 1 aromatic carbocycles. The second kappa shape index (κ2) is 5.85. The summed E-state index contributed by atoms with van der Waals surface area (Å²) in [6.07, 6.45) is 4.01. The molecule has 3 N–H and O–H groups in total. The van der Waals surface area contributed by atoms with Crippen molar-refractivity contribution < 1.29 is 19.7 Å². The Morgan fingerprint density at radius 1 is 1.39 bits per heavy atom. The van der Waals surface area contributed by atoms with E-state index in [1.54, 1.807) is 13.2 Å². The highest BCUT2D eigenvalue weighted by atomic mass is 16.5. The topological polar surface area (TPSA) is 105 Å². The Labute approximate surface area is 133 Å². The van der Waals surface area contributed by atoms with Gasteiger partial charge in [-0.25, -0.2) is 14.8 Å². The maximum atomic E-state index is 11.1. The average molecular weight is 315 g/mol. The van der Waals surface area contributed by atoms with Gasteiger partial charge in [-0.2, -0.15) is 0 Å². The molecule has 120 valence electrons. The van der Waals surface area contributed by atoms with Gasteiger partial charge in [0, 0.05) is 18.9 Å². The molecule has 0 amide bonds. The molecule has 0 saturated heterocycles. The smallest absolute Gasteiger partial charge is 0.358 e. The summed E-state index contributed by atoms with van der Waals surface area (Å²) in [6, 6.07) is 5.57. The summed E-state index contributed by atoms with van der Waals surface area (Å²) in [5.74, 6) is -0.261. The number of aryl methyl sites for hydroxylation is 1. The van der Waals surface area contributed by atoms with Crippen molar-refractivity contribution in [2.75, 3.05) is 19.0 Å². The van der Waals surface area contributed by atoms with Gasteiger partial charge >= 0.3 is 5.97 Å². The van der Waals surface area contributed by atoms with Crippen LogP contribution in [-0.2, 0) is 12.0 Å². The summed E-state index contributed by atoms with van der Waals surface area (Å²) in [6.45, 7) is 0.158. The van der Waals surface area contributed by atoms with Crippen molar-refractivity contribution in [3.05, 3.63) is 47.4 Å². The molecule has 3 rings (SSSR count). The third-order valence-corrected chi connectivity index (χ3v) is 4.07. The Morgan fingerprint density at radius 2 is 2.17 bits per heavy atom. The van der Waals surface area contributed by atoms with Crippen LogP contribution in [0.3, 0.4) is 0 Å². The Bertz CT molecular complexity index is 750. The number of aromatic carboxylic acids is 1. The molecular weight excluding hydrogens is 298 g/mol. The predicted octanol–water partition coefficient (Wildman–Crippen LogP) is 1.43. The van der Waals surface area contributed by atoms with Crippen LogP contribution < -0.4 is 10.1 Å². The Hall–Kier alpha value is -2.67. The number of ether oxygens (including phenoxy) is 1. The third kappa shape index (κ3) is 2.83. The van der Waals surface area contributed by atoms with Crippen molar-refractivity contribution in [3.8, 4) is 5.75 Å². The number of rotatable bonds is 5. The van der Waals surface area contributed by atoms with E-state index >= 15 is 0 Å². The number of carboxylic acid groups (broad SMARTS) is 1. The average Bonchev–Trinajstić information content (AvgIpc) is 2.90. The molecule has 7 heteroatoms. The summed E-state index contributed by atoms with van der Waals surface area (Å²) in [7, 11) is 1.60. The van der Waals surface area contributed by atoms with Gasteiger partial charge in [-0.1, -0.05) is 6.07 Å². The first-order valence-corrected chi connectivity index (χ1v) is 7.21. The highest BCUT2D eigenvalue weighted by molar-refractivity contribution is 5.90. The first kappa shape index (κ1) is 15.2. The minimum Gasteiger partial charge on any atom is -0.497 e. The Morgan fingerprint density at radius 3 is 2.91 bits per heavy atom. The van der Waals surface area contributed by atoms with Crippen LogP contribution >= 0.6 is 0 Å². The normalized spacial score (nSPS) is 19.2. The number of carboxylic acids is 1. The number of aromatic nitrogens is 2. The third-order valence-electron chi connectivity index (χ3n) is 4.07. The molecule has 0 aliphatic heterocycles. The van der Waals surface area contributed by atoms with Crippen molar-refractivity contribution in [2.24, 2.45) is 0 Å². The lowest BCUT2D eigenvalue weighted by atomic mass is 9.96. The molecule has 23 heavy (non-hydrogen) atoms. The summed E-state index contributed by atoms with van der Waals surface area (Å²) in [4.78, 5) is 18.9. The van der Waals surface area contributed by atoms with Crippen molar-refractivity contribution in [1.82, 2.24) is 9.97 Å². The lowest BCUT2D eigenvalue weighted by Crippen LogP contribution is -2.32. The number of nitrogens with zero attached hydrogens (tertiary/aromatic N) is 2. The van der Waals surface area contributed by atoms with Crippen molar-refractivity contribution in [1.29, 1.82) is 0 Å². The molecule has 0 saturated carbocycles. The molecule has 0 radical (unpaired) electrons. The van der Waals surface area contributed by atoms with E-state index in [9.17, 15) is 9.90 Å². The number of hydrogen-bond donors (Lipinski definition) is 3. The summed E-state index contributed by atoms with van der Waals surface area (Å²) < 4.78 is 5.20.